The first kappa shape index (κ1) is 15.2. The third-order valence-corrected chi connectivity index (χ3v) is 3.51. The minimum atomic E-state index is -0.546. The number of hydrogen-bond acceptors (Lipinski definition) is 3. The second kappa shape index (κ2) is 5.85. The van der Waals surface area contributed by atoms with Crippen LogP contribution in [0.5, 0.6) is 0 Å². The van der Waals surface area contributed by atoms with Crippen LogP contribution in [-0.4, -0.2) is 18.0 Å². The van der Waals surface area contributed by atoms with E-state index in [2.05, 4.69) is 37.5 Å². The van der Waals surface area contributed by atoms with Crippen LogP contribution in [-0.2, 0) is 11.3 Å². The standard InChI is InChI=1S/C14H24N2OS/c1-13(2,3)10-15-12(17)14(4,5)16-9-11-7-6-8-18-11/h6-8,16H,9-10H2,1-5H3,(H,15,17). The van der Waals surface area contributed by atoms with Crippen molar-refractivity contribution in [1.82, 2.24) is 10.6 Å². The minimum absolute atomic E-state index is 0.0500. The maximum atomic E-state index is 12.1. The fraction of sp³-hybridized carbons (Fsp3) is 0.643. The van der Waals surface area contributed by atoms with Crippen LogP contribution >= 0.6 is 11.3 Å². The van der Waals surface area contributed by atoms with Crippen LogP contribution in [0, 0.1) is 5.41 Å². The summed E-state index contributed by atoms with van der Waals surface area (Å²) in [5, 5.41) is 8.34. The Labute approximate surface area is 114 Å². The fourth-order valence-electron chi connectivity index (χ4n) is 1.37. The van der Waals surface area contributed by atoms with Gasteiger partial charge in [0.15, 0.2) is 0 Å². The maximum absolute atomic E-state index is 12.1. The molecule has 18 heavy (non-hydrogen) atoms. The lowest BCUT2D eigenvalue weighted by atomic mass is 9.96. The number of thiophene rings is 1. The molecule has 1 amide bonds. The first-order valence-electron chi connectivity index (χ1n) is 6.26. The van der Waals surface area contributed by atoms with Gasteiger partial charge in [-0.2, -0.15) is 0 Å². The van der Waals surface area contributed by atoms with E-state index in [1.165, 1.54) is 4.88 Å². The van der Waals surface area contributed by atoms with Gasteiger partial charge in [-0.1, -0.05) is 26.8 Å². The number of amides is 1. The molecular formula is C14H24N2OS. The zero-order valence-corrected chi connectivity index (χ0v) is 12.8. The zero-order chi connectivity index (χ0) is 13.8. The number of nitrogens with one attached hydrogen (secondary N) is 2. The molecule has 0 fully saturated rings. The molecule has 0 aliphatic carbocycles. The van der Waals surface area contributed by atoms with Gasteiger partial charge in [0.25, 0.3) is 0 Å². The molecule has 102 valence electrons. The van der Waals surface area contributed by atoms with E-state index in [4.69, 9.17) is 0 Å². The first-order valence-corrected chi connectivity index (χ1v) is 7.14. The summed E-state index contributed by atoms with van der Waals surface area (Å²) in [6, 6.07) is 4.09. The molecule has 1 rings (SSSR count). The molecule has 1 heterocycles. The van der Waals surface area contributed by atoms with Gasteiger partial charge < -0.3 is 5.32 Å². The highest BCUT2D eigenvalue weighted by Gasteiger charge is 2.27. The highest BCUT2D eigenvalue weighted by atomic mass is 32.1. The van der Waals surface area contributed by atoms with E-state index in [1.807, 2.05) is 25.3 Å². The van der Waals surface area contributed by atoms with Crippen molar-refractivity contribution in [3.63, 3.8) is 0 Å². The third-order valence-electron chi connectivity index (χ3n) is 2.63. The highest BCUT2D eigenvalue weighted by molar-refractivity contribution is 7.09. The van der Waals surface area contributed by atoms with Gasteiger partial charge in [0, 0.05) is 18.0 Å². The van der Waals surface area contributed by atoms with Crippen molar-refractivity contribution in [2.75, 3.05) is 6.54 Å². The summed E-state index contributed by atoms with van der Waals surface area (Å²) in [5.74, 6) is 0.0500. The summed E-state index contributed by atoms with van der Waals surface area (Å²) < 4.78 is 0. The molecule has 1 aromatic rings. The van der Waals surface area contributed by atoms with Crippen LogP contribution in [0.2, 0.25) is 0 Å². The zero-order valence-electron chi connectivity index (χ0n) is 12.0. The van der Waals surface area contributed by atoms with Crippen molar-refractivity contribution in [2.45, 2.75) is 46.7 Å². The Morgan fingerprint density at radius 1 is 1.28 bits per heavy atom. The summed E-state index contributed by atoms with van der Waals surface area (Å²) in [4.78, 5) is 13.3. The van der Waals surface area contributed by atoms with Gasteiger partial charge >= 0.3 is 0 Å². The molecular weight excluding hydrogens is 244 g/mol. The Kier molecular flexibility index (Phi) is 4.93. The first-order chi connectivity index (χ1) is 8.21. The number of carbonyl (C=O) groups is 1. The monoisotopic (exact) mass is 268 g/mol. The van der Waals surface area contributed by atoms with Gasteiger partial charge in [-0.25, -0.2) is 0 Å². The normalized spacial score (nSPS) is 12.5. The van der Waals surface area contributed by atoms with Gasteiger partial charge in [0.05, 0.1) is 5.54 Å². The van der Waals surface area contributed by atoms with Crippen LogP contribution in [0.15, 0.2) is 17.5 Å². The van der Waals surface area contributed by atoms with E-state index in [1.54, 1.807) is 11.3 Å². The van der Waals surface area contributed by atoms with E-state index in [9.17, 15) is 4.79 Å². The maximum Gasteiger partial charge on any atom is 0.239 e. The van der Waals surface area contributed by atoms with Crippen LogP contribution in [0.4, 0.5) is 0 Å². The van der Waals surface area contributed by atoms with Gasteiger partial charge in [-0.15, -0.1) is 11.3 Å². The number of hydrogen-bond donors (Lipinski definition) is 2. The summed E-state index contributed by atoms with van der Waals surface area (Å²) in [6.07, 6.45) is 0. The topological polar surface area (TPSA) is 41.1 Å². The van der Waals surface area contributed by atoms with Crippen molar-refractivity contribution in [3.8, 4) is 0 Å². The lowest BCUT2D eigenvalue weighted by molar-refractivity contribution is -0.126. The molecule has 1 aromatic heterocycles. The molecule has 4 heteroatoms. The van der Waals surface area contributed by atoms with Crippen molar-refractivity contribution in [2.24, 2.45) is 5.41 Å². The van der Waals surface area contributed by atoms with Gasteiger partial charge in [-0.05, 0) is 30.7 Å². The largest absolute Gasteiger partial charge is 0.354 e. The van der Waals surface area contributed by atoms with Gasteiger partial charge in [-0.3, -0.25) is 10.1 Å². The van der Waals surface area contributed by atoms with E-state index in [-0.39, 0.29) is 11.3 Å². The molecule has 0 radical (unpaired) electrons. The van der Waals surface area contributed by atoms with Gasteiger partial charge in [0.2, 0.25) is 5.91 Å². The Morgan fingerprint density at radius 3 is 2.44 bits per heavy atom. The van der Waals surface area contributed by atoms with Gasteiger partial charge in [0.1, 0.15) is 0 Å². The predicted molar refractivity (Wildman–Crippen MR) is 77.7 cm³/mol. The SMILES string of the molecule is CC(C)(C)CNC(=O)C(C)(C)NCc1cccs1. The summed E-state index contributed by atoms with van der Waals surface area (Å²) in [7, 11) is 0. The number of rotatable bonds is 5. The quantitative estimate of drug-likeness (QED) is 0.862. The van der Waals surface area contributed by atoms with E-state index < -0.39 is 5.54 Å². The summed E-state index contributed by atoms with van der Waals surface area (Å²) in [6.45, 7) is 11.6. The second-order valence-corrected chi connectivity index (χ2v) is 7.33. The minimum Gasteiger partial charge on any atom is -0.354 e. The highest BCUT2D eigenvalue weighted by Crippen LogP contribution is 2.13. The Hall–Kier alpha value is -0.870. The van der Waals surface area contributed by atoms with E-state index in [0.717, 1.165) is 6.54 Å². The predicted octanol–water partition coefficient (Wildman–Crippen LogP) is 2.78. The smallest absolute Gasteiger partial charge is 0.239 e. The number of carbonyl (C=O) groups excluding carboxylic acids is 1. The molecule has 2 N–H and O–H groups in total. The molecule has 0 saturated carbocycles. The Bertz CT molecular complexity index is 377. The Morgan fingerprint density at radius 2 is 1.94 bits per heavy atom. The van der Waals surface area contributed by atoms with Crippen LogP contribution < -0.4 is 10.6 Å². The molecule has 0 aliphatic heterocycles. The molecule has 3 nitrogen and oxygen atoms in total. The average Bonchev–Trinajstić information content (AvgIpc) is 2.75. The van der Waals surface area contributed by atoms with Crippen LogP contribution in [0.25, 0.3) is 0 Å². The van der Waals surface area contributed by atoms with E-state index >= 15 is 0 Å². The fourth-order valence-corrected chi connectivity index (χ4v) is 2.01. The second-order valence-electron chi connectivity index (χ2n) is 6.30. The summed E-state index contributed by atoms with van der Waals surface area (Å²) >= 11 is 1.70. The third kappa shape index (κ3) is 5.19. The van der Waals surface area contributed by atoms with Crippen molar-refractivity contribution in [3.05, 3.63) is 22.4 Å². The lowest BCUT2D eigenvalue weighted by Gasteiger charge is -2.27. The molecule has 0 saturated heterocycles. The molecule has 0 aliphatic rings. The van der Waals surface area contributed by atoms with Crippen molar-refractivity contribution < 1.29 is 4.79 Å². The molecule has 0 spiro atoms. The van der Waals surface area contributed by atoms with E-state index in [0.29, 0.717) is 6.54 Å². The Balaban J connectivity index is 2.44. The molecule has 0 atom stereocenters. The van der Waals surface area contributed by atoms with Crippen molar-refractivity contribution >= 4 is 17.2 Å². The molecule has 0 aromatic carbocycles. The van der Waals surface area contributed by atoms with Crippen LogP contribution in [0.1, 0.15) is 39.5 Å². The van der Waals surface area contributed by atoms with Crippen molar-refractivity contribution in [1.29, 1.82) is 0 Å². The summed E-state index contributed by atoms with van der Waals surface area (Å²) in [5.41, 5.74) is -0.436. The van der Waals surface area contributed by atoms with Crippen LogP contribution in [0.3, 0.4) is 0 Å². The average molecular weight is 268 g/mol. The lowest BCUT2D eigenvalue weighted by Crippen LogP contribution is -2.53. The molecule has 0 bridgehead atoms. The molecule has 0 unspecified atom stereocenters.